The van der Waals surface area contributed by atoms with Crippen LogP contribution in [0.25, 0.3) is 5.65 Å². The van der Waals surface area contributed by atoms with Gasteiger partial charge >= 0.3 is 5.97 Å². The zero-order chi connectivity index (χ0) is 15.7. The number of nitrogens with one attached hydrogen (secondary N) is 1. The number of imidazole rings is 1. The maximum atomic E-state index is 13.1. The number of carbonyl (C=O) groups is 2. The van der Waals surface area contributed by atoms with Crippen molar-refractivity contribution in [1.29, 1.82) is 0 Å². The van der Waals surface area contributed by atoms with Gasteiger partial charge in [0.05, 0.1) is 5.56 Å². The number of carbonyl (C=O) groups excluding carboxylic acids is 1. The smallest absolute Gasteiger partial charge is 0.335 e. The van der Waals surface area contributed by atoms with Crippen molar-refractivity contribution in [2.75, 3.05) is 5.32 Å². The Morgan fingerprint density at radius 3 is 2.77 bits per heavy atom. The summed E-state index contributed by atoms with van der Waals surface area (Å²) >= 11 is 0. The molecule has 3 aromatic rings. The lowest BCUT2D eigenvalue weighted by Crippen LogP contribution is -2.12. The second kappa shape index (κ2) is 5.28. The van der Waals surface area contributed by atoms with E-state index in [0.717, 1.165) is 0 Å². The molecular formula is C15H10FN3O3. The third-order valence-corrected chi connectivity index (χ3v) is 3.01. The van der Waals surface area contributed by atoms with E-state index in [2.05, 4.69) is 10.3 Å². The Hall–Kier alpha value is -3.22. The highest BCUT2D eigenvalue weighted by atomic mass is 19.1. The topological polar surface area (TPSA) is 83.7 Å². The number of hydrogen-bond donors (Lipinski definition) is 2. The Morgan fingerprint density at radius 2 is 2.00 bits per heavy atom. The maximum Gasteiger partial charge on any atom is 0.335 e. The zero-order valence-electron chi connectivity index (χ0n) is 11.2. The number of halogens is 1. The van der Waals surface area contributed by atoms with Crippen molar-refractivity contribution in [1.82, 2.24) is 9.38 Å². The molecule has 0 aliphatic carbocycles. The molecule has 0 saturated heterocycles. The van der Waals surface area contributed by atoms with Gasteiger partial charge in [0, 0.05) is 18.1 Å². The number of carboxylic acid groups (broad SMARTS) is 1. The molecule has 2 aromatic heterocycles. The molecule has 22 heavy (non-hydrogen) atoms. The second-order valence-electron chi connectivity index (χ2n) is 4.58. The highest BCUT2D eigenvalue weighted by molar-refractivity contribution is 6.03. The number of rotatable bonds is 3. The summed E-state index contributed by atoms with van der Waals surface area (Å²) in [5.74, 6) is -2.03. The van der Waals surface area contributed by atoms with Crippen LogP contribution in [0, 0.1) is 5.82 Å². The highest BCUT2D eigenvalue weighted by Gasteiger charge is 2.12. The third kappa shape index (κ3) is 2.64. The number of fused-ring (bicyclic) bond motifs is 1. The largest absolute Gasteiger partial charge is 0.478 e. The Kier molecular flexibility index (Phi) is 3.30. The SMILES string of the molecule is O=C(O)c1cccc(NC(=O)c2cn3cc(F)ccc3n2)c1. The molecule has 0 saturated carbocycles. The molecule has 0 radical (unpaired) electrons. The predicted octanol–water partition coefficient (Wildman–Crippen LogP) is 2.42. The fourth-order valence-electron chi connectivity index (χ4n) is 2.00. The molecule has 3 rings (SSSR count). The Morgan fingerprint density at radius 1 is 1.18 bits per heavy atom. The van der Waals surface area contributed by atoms with Gasteiger partial charge in [-0.1, -0.05) is 6.07 Å². The molecule has 6 nitrogen and oxygen atoms in total. The molecule has 2 N–H and O–H groups in total. The molecule has 0 unspecified atom stereocenters. The zero-order valence-corrected chi connectivity index (χ0v) is 11.2. The molecule has 7 heteroatoms. The van der Waals surface area contributed by atoms with Crippen molar-refractivity contribution in [3.8, 4) is 0 Å². The minimum atomic E-state index is -1.08. The maximum absolute atomic E-state index is 13.1. The van der Waals surface area contributed by atoms with Crippen LogP contribution >= 0.6 is 0 Å². The summed E-state index contributed by atoms with van der Waals surface area (Å²) in [5.41, 5.74) is 0.945. The van der Waals surface area contributed by atoms with Gasteiger partial charge in [-0.15, -0.1) is 0 Å². The standard InChI is InChI=1S/C15H10FN3O3/c16-10-4-5-13-18-12(8-19(13)7-10)14(20)17-11-3-1-2-9(6-11)15(21)22/h1-8H,(H,17,20)(H,21,22). The van der Waals surface area contributed by atoms with Crippen LogP contribution in [0.2, 0.25) is 0 Å². The summed E-state index contributed by atoms with van der Waals surface area (Å²) in [6, 6.07) is 8.57. The summed E-state index contributed by atoms with van der Waals surface area (Å²) in [6.07, 6.45) is 2.61. The van der Waals surface area contributed by atoms with Gasteiger partial charge in [0.25, 0.3) is 5.91 Å². The van der Waals surface area contributed by atoms with E-state index in [4.69, 9.17) is 5.11 Å². The summed E-state index contributed by atoms with van der Waals surface area (Å²) in [6.45, 7) is 0. The first-order valence-corrected chi connectivity index (χ1v) is 6.32. The van der Waals surface area contributed by atoms with Gasteiger partial charge in [-0.25, -0.2) is 14.2 Å². The Balaban J connectivity index is 1.86. The van der Waals surface area contributed by atoms with Crippen LogP contribution in [-0.2, 0) is 0 Å². The van der Waals surface area contributed by atoms with E-state index in [1.165, 1.54) is 47.1 Å². The molecule has 0 fully saturated rings. The minimum Gasteiger partial charge on any atom is -0.478 e. The lowest BCUT2D eigenvalue weighted by atomic mass is 10.2. The van der Waals surface area contributed by atoms with Gasteiger partial charge in [-0.2, -0.15) is 0 Å². The Bertz CT molecular complexity index is 889. The summed E-state index contributed by atoms with van der Waals surface area (Å²) in [5, 5.41) is 11.5. The molecule has 110 valence electrons. The average Bonchev–Trinajstić information content (AvgIpc) is 2.90. The molecular weight excluding hydrogens is 289 g/mol. The second-order valence-corrected chi connectivity index (χ2v) is 4.58. The van der Waals surface area contributed by atoms with Gasteiger partial charge in [0.2, 0.25) is 0 Å². The molecule has 0 bridgehead atoms. The monoisotopic (exact) mass is 299 g/mol. The van der Waals surface area contributed by atoms with Crippen LogP contribution < -0.4 is 5.32 Å². The van der Waals surface area contributed by atoms with Crippen LogP contribution in [0.15, 0.2) is 48.8 Å². The minimum absolute atomic E-state index is 0.0647. The lowest BCUT2D eigenvalue weighted by Gasteiger charge is -2.03. The first kappa shape index (κ1) is 13.7. The molecule has 0 aliphatic heterocycles. The number of aromatic carboxylic acids is 1. The Labute approximate surface area is 123 Å². The molecule has 0 spiro atoms. The molecule has 0 aliphatic rings. The van der Waals surface area contributed by atoms with E-state index >= 15 is 0 Å². The van der Waals surface area contributed by atoms with Crippen molar-refractivity contribution < 1.29 is 19.1 Å². The fraction of sp³-hybridized carbons (Fsp3) is 0. The number of aromatic nitrogens is 2. The number of carboxylic acids is 1. The number of benzene rings is 1. The van der Waals surface area contributed by atoms with Gasteiger partial charge in [0.15, 0.2) is 0 Å². The van der Waals surface area contributed by atoms with E-state index in [1.54, 1.807) is 6.07 Å². The highest BCUT2D eigenvalue weighted by Crippen LogP contribution is 2.13. The van der Waals surface area contributed by atoms with E-state index in [0.29, 0.717) is 11.3 Å². The number of nitrogens with zero attached hydrogens (tertiary/aromatic N) is 2. The van der Waals surface area contributed by atoms with Gasteiger partial charge in [0.1, 0.15) is 17.2 Å². The summed E-state index contributed by atoms with van der Waals surface area (Å²) in [4.78, 5) is 27.1. The van der Waals surface area contributed by atoms with Crippen LogP contribution in [0.4, 0.5) is 10.1 Å². The van der Waals surface area contributed by atoms with Crippen LogP contribution in [-0.4, -0.2) is 26.4 Å². The first-order valence-electron chi connectivity index (χ1n) is 6.32. The molecule has 1 aromatic carbocycles. The van der Waals surface area contributed by atoms with Crippen LogP contribution in [0.5, 0.6) is 0 Å². The third-order valence-electron chi connectivity index (χ3n) is 3.01. The number of pyridine rings is 1. The fourth-order valence-corrected chi connectivity index (χ4v) is 2.00. The van der Waals surface area contributed by atoms with Crippen molar-refractivity contribution >= 4 is 23.2 Å². The van der Waals surface area contributed by atoms with E-state index in [1.807, 2.05) is 0 Å². The average molecular weight is 299 g/mol. The van der Waals surface area contributed by atoms with Crippen molar-refractivity contribution in [3.05, 3.63) is 65.9 Å². The summed E-state index contributed by atoms with van der Waals surface area (Å²) < 4.78 is 14.5. The van der Waals surface area contributed by atoms with Crippen molar-refractivity contribution in [2.45, 2.75) is 0 Å². The number of hydrogen-bond acceptors (Lipinski definition) is 3. The van der Waals surface area contributed by atoms with Crippen molar-refractivity contribution in [2.24, 2.45) is 0 Å². The van der Waals surface area contributed by atoms with E-state index in [9.17, 15) is 14.0 Å². The van der Waals surface area contributed by atoms with Gasteiger partial charge in [-0.05, 0) is 30.3 Å². The quantitative estimate of drug-likeness (QED) is 0.778. The summed E-state index contributed by atoms with van der Waals surface area (Å²) in [7, 11) is 0. The van der Waals surface area contributed by atoms with E-state index < -0.39 is 17.7 Å². The lowest BCUT2D eigenvalue weighted by molar-refractivity contribution is 0.0696. The molecule has 1 amide bonds. The first-order chi connectivity index (χ1) is 10.5. The van der Waals surface area contributed by atoms with Crippen LogP contribution in [0.1, 0.15) is 20.8 Å². The van der Waals surface area contributed by atoms with E-state index in [-0.39, 0.29) is 11.3 Å². The molecule has 0 atom stereocenters. The number of amides is 1. The normalized spacial score (nSPS) is 10.6. The van der Waals surface area contributed by atoms with Gasteiger partial charge < -0.3 is 14.8 Å². The molecule has 2 heterocycles. The van der Waals surface area contributed by atoms with Crippen molar-refractivity contribution in [3.63, 3.8) is 0 Å². The number of anilines is 1. The van der Waals surface area contributed by atoms with Gasteiger partial charge in [-0.3, -0.25) is 4.79 Å². The van der Waals surface area contributed by atoms with Crippen LogP contribution in [0.3, 0.4) is 0 Å². The predicted molar refractivity (Wildman–Crippen MR) is 76.5 cm³/mol.